The van der Waals surface area contributed by atoms with Crippen LogP contribution in [-0.2, 0) is 18.4 Å². The van der Waals surface area contributed by atoms with Crippen molar-refractivity contribution in [3.05, 3.63) is 60.8 Å². The first kappa shape index (κ1) is 50.1. The monoisotopic (exact) mass is 755 g/mol. The lowest BCUT2D eigenvalue weighted by atomic mass is 10.1. The van der Waals surface area contributed by atoms with Crippen LogP contribution in [0.25, 0.3) is 0 Å². The van der Waals surface area contributed by atoms with E-state index in [9.17, 15) is 29.6 Å². The minimum absolute atomic E-state index is 0.0496. The number of likely N-dealkylation sites (N-methyl/N-ethyl adjacent to an activating group) is 1. The van der Waals surface area contributed by atoms with Gasteiger partial charge < -0.3 is 39.1 Å². The van der Waals surface area contributed by atoms with Gasteiger partial charge in [-0.25, -0.2) is 0 Å². The van der Waals surface area contributed by atoms with Crippen molar-refractivity contribution in [1.29, 1.82) is 0 Å². The van der Waals surface area contributed by atoms with Crippen molar-refractivity contribution in [1.82, 2.24) is 5.32 Å². The molecule has 0 aromatic carbocycles. The van der Waals surface area contributed by atoms with Crippen molar-refractivity contribution in [2.24, 2.45) is 0 Å². The smallest absolute Gasteiger partial charge is 0.268 e. The van der Waals surface area contributed by atoms with Gasteiger partial charge in [0.2, 0.25) is 5.91 Å². The summed E-state index contributed by atoms with van der Waals surface area (Å²) < 4.78 is 23.0. The molecule has 0 bridgehead atoms. The third-order valence-electron chi connectivity index (χ3n) is 8.41. The highest BCUT2D eigenvalue weighted by molar-refractivity contribution is 7.45. The lowest BCUT2D eigenvalue weighted by Crippen LogP contribution is -2.45. The number of nitrogens with zero attached hydrogens (tertiary/aromatic N) is 1. The first-order valence-electron chi connectivity index (χ1n) is 19.9. The fraction of sp³-hybridized carbons (Fsp3) is 0.732. The summed E-state index contributed by atoms with van der Waals surface area (Å²) in [6, 6.07) is -1.00. The molecular formula is C41H75N2O8P. The number of hydrogen-bond donors (Lipinski definition) is 4. The molecule has 302 valence electrons. The molecule has 0 radical (unpaired) electrons. The molecule has 0 heterocycles. The van der Waals surface area contributed by atoms with Crippen LogP contribution in [0.1, 0.15) is 129 Å². The van der Waals surface area contributed by atoms with Gasteiger partial charge in [-0.3, -0.25) is 9.36 Å². The number of aliphatic hydroxyl groups is 3. The van der Waals surface area contributed by atoms with Gasteiger partial charge in [-0.1, -0.05) is 139 Å². The molecule has 0 aromatic heterocycles. The predicted molar refractivity (Wildman–Crippen MR) is 213 cm³/mol. The van der Waals surface area contributed by atoms with Crippen LogP contribution in [0.4, 0.5) is 0 Å². The zero-order valence-corrected chi connectivity index (χ0v) is 34.1. The molecule has 10 nitrogen and oxygen atoms in total. The molecule has 4 N–H and O–H groups in total. The summed E-state index contributed by atoms with van der Waals surface area (Å²) >= 11 is 0. The van der Waals surface area contributed by atoms with E-state index in [1.165, 1.54) is 64.2 Å². The Morgan fingerprint density at radius 1 is 0.731 bits per heavy atom. The number of amides is 1. The number of phosphoric acid groups is 1. The summed E-state index contributed by atoms with van der Waals surface area (Å²) in [7, 11) is 1.09. The van der Waals surface area contributed by atoms with E-state index in [0.29, 0.717) is 30.3 Å². The topological polar surface area (TPSA) is 148 Å². The summed E-state index contributed by atoms with van der Waals surface area (Å²) in [5.41, 5.74) is 0. The summed E-state index contributed by atoms with van der Waals surface area (Å²) in [6.07, 6.45) is 33.2. The molecule has 52 heavy (non-hydrogen) atoms. The number of carbonyl (C=O) groups excluding carboxylic acids is 1. The molecular weight excluding hydrogens is 679 g/mol. The Balaban J connectivity index is 4.81. The molecule has 1 amide bonds. The Morgan fingerprint density at radius 2 is 1.29 bits per heavy atom. The number of nitrogens with one attached hydrogen (secondary N) is 1. The molecule has 1 unspecified atom stereocenters. The van der Waals surface area contributed by atoms with E-state index in [1.807, 2.05) is 33.3 Å². The Hall–Kier alpha value is -1.88. The highest BCUT2D eigenvalue weighted by Gasteiger charge is 2.23. The third-order valence-corrected chi connectivity index (χ3v) is 9.38. The molecule has 0 rings (SSSR count). The third kappa shape index (κ3) is 33.9. The highest BCUT2D eigenvalue weighted by Crippen LogP contribution is 2.38. The Kier molecular flexibility index (Phi) is 31.4. The lowest BCUT2D eigenvalue weighted by Gasteiger charge is -2.29. The van der Waals surface area contributed by atoms with Gasteiger partial charge in [-0.2, -0.15) is 0 Å². The lowest BCUT2D eigenvalue weighted by molar-refractivity contribution is -0.870. The molecule has 0 spiro atoms. The van der Waals surface area contributed by atoms with Crippen molar-refractivity contribution in [3.63, 3.8) is 0 Å². The van der Waals surface area contributed by atoms with E-state index in [4.69, 9.17) is 9.05 Å². The van der Waals surface area contributed by atoms with Crippen LogP contribution in [0.2, 0.25) is 0 Å². The fourth-order valence-corrected chi connectivity index (χ4v) is 5.83. The number of unbranched alkanes of at least 4 members (excludes halogenated alkanes) is 12. The van der Waals surface area contributed by atoms with Gasteiger partial charge >= 0.3 is 0 Å². The van der Waals surface area contributed by atoms with Crippen molar-refractivity contribution < 1.29 is 43.1 Å². The van der Waals surface area contributed by atoms with Gasteiger partial charge in [0.1, 0.15) is 13.2 Å². The minimum Gasteiger partial charge on any atom is -0.756 e. The zero-order valence-electron chi connectivity index (χ0n) is 33.2. The van der Waals surface area contributed by atoms with Gasteiger partial charge in [-0.05, 0) is 44.9 Å². The molecule has 0 fully saturated rings. The highest BCUT2D eigenvalue weighted by atomic mass is 31.2. The van der Waals surface area contributed by atoms with E-state index >= 15 is 0 Å². The average molecular weight is 755 g/mol. The van der Waals surface area contributed by atoms with Crippen LogP contribution in [0.15, 0.2) is 60.8 Å². The summed E-state index contributed by atoms with van der Waals surface area (Å²) in [5.74, 6) is -0.387. The van der Waals surface area contributed by atoms with Crippen LogP contribution in [0.5, 0.6) is 0 Å². The molecule has 11 heteroatoms. The Labute approximate surface area is 317 Å². The maximum absolute atomic E-state index is 12.8. The van der Waals surface area contributed by atoms with E-state index < -0.39 is 38.8 Å². The van der Waals surface area contributed by atoms with Crippen LogP contribution in [0.3, 0.4) is 0 Å². The Morgan fingerprint density at radius 3 is 1.92 bits per heavy atom. The second-order valence-corrected chi connectivity index (χ2v) is 16.1. The molecule has 0 aromatic rings. The van der Waals surface area contributed by atoms with Gasteiger partial charge in [0.05, 0.1) is 52.1 Å². The normalized spacial score (nSPS) is 16.4. The van der Waals surface area contributed by atoms with Gasteiger partial charge in [0, 0.05) is 6.42 Å². The maximum atomic E-state index is 12.8. The standard InChI is InChI=1S/C41H75N2O8P/c1-6-8-10-12-14-15-16-17-18-20-26-32-40(46)39(36-51-52(48,49)50-35-34-43(3,4)5)42-41(47)33-27-31-38(45)30-25-22-21-24-29-37(44)28-23-19-13-11-9-7-2/h19,21-26,29-30,32,37-40,44-46H,6-18,20,27-28,31,33-36H2,1-5H3,(H-,42,47,48,49)/b22-21+,23-19-,29-24+,30-25-,32-26+/t37-,38-,39-,40+/m0/s1. The number of aliphatic hydroxyl groups excluding tert-OH is 3. The average Bonchev–Trinajstić information content (AvgIpc) is 3.07. The molecule has 0 aliphatic rings. The van der Waals surface area contributed by atoms with Crippen LogP contribution < -0.4 is 10.2 Å². The van der Waals surface area contributed by atoms with Gasteiger partial charge in [0.15, 0.2) is 0 Å². The van der Waals surface area contributed by atoms with Gasteiger partial charge in [-0.15, -0.1) is 0 Å². The van der Waals surface area contributed by atoms with Crippen molar-refractivity contribution >= 4 is 13.7 Å². The fourth-order valence-electron chi connectivity index (χ4n) is 5.11. The molecule has 0 saturated heterocycles. The van der Waals surface area contributed by atoms with Crippen molar-refractivity contribution in [3.8, 4) is 0 Å². The quantitative estimate of drug-likeness (QED) is 0.0173. The Bertz CT molecular complexity index is 1070. The van der Waals surface area contributed by atoms with E-state index in [-0.39, 0.29) is 18.9 Å². The van der Waals surface area contributed by atoms with E-state index in [1.54, 1.807) is 42.5 Å². The van der Waals surface area contributed by atoms with Gasteiger partial charge in [0.25, 0.3) is 7.82 Å². The maximum Gasteiger partial charge on any atom is 0.268 e. The number of phosphoric ester groups is 1. The van der Waals surface area contributed by atoms with Crippen molar-refractivity contribution in [2.75, 3.05) is 40.9 Å². The van der Waals surface area contributed by atoms with E-state index in [0.717, 1.165) is 25.7 Å². The number of hydrogen-bond acceptors (Lipinski definition) is 8. The second-order valence-electron chi connectivity index (χ2n) is 14.7. The minimum atomic E-state index is -4.65. The molecule has 5 atom stereocenters. The number of carbonyl (C=O) groups is 1. The predicted octanol–water partition coefficient (Wildman–Crippen LogP) is 7.60. The number of allylic oxidation sites excluding steroid dienone is 6. The van der Waals surface area contributed by atoms with Crippen molar-refractivity contribution in [2.45, 2.75) is 154 Å². The van der Waals surface area contributed by atoms with Crippen LogP contribution in [0, 0.1) is 0 Å². The number of quaternary nitrogens is 1. The summed E-state index contributed by atoms with van der Waals surface area (Å²) in [4.78, 5) is 25.2. The first-order chi connectivity index (χ1) is 24.8. The molecule has 0 saturated carbocycles. The molecule has 0 aliphatic carbocycles. The molecule has 0 aliphatic heterocycles. The van der Waals surface area contributed by atoms with Crippen LogP contribution in [-0.4, -0.2) is 91.0 Å². The van der Waals surface area contributed by atoms with Crippen LogP contribution >= 0.6 is 7.82 Å². The largest absolute Gasteiger partial charge is 0.756 e. The number of rotatable bonds is 34. The van der Waals surface area contributed by atoms with E-state index in [2.05, 4.69) is 25.2 Å². The first-order valence-corrected chi connectivity index (χ1v) is 21.3. The SMILES string of the molecule is CCCCC/C=C\C[C@H](O)/C=C/C=C/C=C\[C@H](O)CCCC(=O)N[C@@H](COP(=O)([O-])OCC[N+](C)(C)C)[C@H](O)/C=C/CCCCCCCCCCC. The zero-order chi connectivity index (χ0) is 38.9. The summed E-state index contributed by atoms with van der Waals surface area (Å²) in [6.45, 7) is 4.33. The second kappa shape index (κ2) is 32.5. The summed E-state index contributed by atoms with van der Waals surface area (Å²) in [5, 5.41) is 33.9.